The van der Waals surface area contributed by atoms with Gasteiger partial charge in [0.1, 0.15) is 5.75 Å². The van der Waals surface area contributed by atoms with Crippen LogP contribution in [0.15, 0.2) is 24.3 Å². The summed E-state index contributed by atoms with van der Waals surface area (Å²) in [6.07, 6.45) is 3.56. The molecule has 1 aromatic rings. The Hall–Kier alpha value is -1.60. The topological polar surface area (TPSA) is 75.7 Å². The molecule has 1 amide bonds. The second-order valence-corrected chi connectivity index (χ2v) is 9.36. The highest BCUT2D eigenvalue weighted by Crippen LogP contribution is 2.22. The Morgan fingerprint density at radius 3 is 2.63 bits per heavy atom. The average molecular weight is 397 g/mol. The van der Waals surface area contributed by atoms with Gasteiger partial charge in [-0.05, 0) is 50.8 Å². The minimum absolute atomic E-state index is 0.0738. The molecule has 1 heterocycles. The predicted molar refractivity (Wildman–Crippen MR) is 107 cm³/mol. The van der Waals surface area contributed by atoms with Crippen LogP contribution in [0.4, 0.5) is 0 Å². The van der Waals surface area contributed by atoms with Gasteiger partial charge in [0.25, 0.3) is 0 Å². The van der Waals surface area contributed by atoms with Gasteiger partial charge in [-0.3, -0.25) is 4.79 Å². The molecule has 27 heavy (non-hydrogen) atoms. The Labute approximate surface area is 163 Å². The summed E-state index contributed by atoms with van der Waals surface area (Å²) in [6.45, 7) is 7.19. The molecule has 1 saturated heterocycles. The van der Waals surface area contributed by atoms with Crippen molar-refractivity contribution in [2.45, 2.75) is 52.5 Å². The Bertz CT molecular complexity index is 703. The van der Waals surface area contributed by atoms with Crippen LogP contribution >= 0.6 is 0 Å². The lowest BCUT2D eigenvalue weighted by Crippen LogP contribution is -2.46. The van der Waals surface area contributed by atoms with E-state index in [0.717, 1.165) is 37.0 Å². The third kappa shape index (κ3) is 6.21. The molecule has 7 heteroatoms. The summed E-state index contributed by atoms with van der Waals surface area (Å²) < 4.78 is 31.3. The molecule has 0 aliphatic carbocycles. The van der Waals surface area contributed by atoms with Crippen molar-refractivity contribution in [2.24, 2.45) is 5.92 Å². The highest BCUT2D eigenvalue weighted by atomic mass is 32.2. The van der Waals surface area contributed by atoms with Crippen molar-refractivity contribution in [2.75, 3.05) is 25.4 Å². The van der Waals surface area contributed by atoms with E-state index in [1.807, 2.05) is 31.2 Å². The SMILES string of the molecule is CCCCOc1ccc([C@H](C)NC(=O)[C@@H]2CCCN(S(=O)(=O)CC)C2)cc1. The molecule has 0 bridgehead atoms. The van der Waals surface area contributed by atoms with Crippen LogP contribution in [0.2, 0.25) is 0 Å². The van der Waals surface area contributed by atoms with E-state index in [-0.39, 0.29) is 30.2 Å². The number of nitrogens with zero attached hydrogens (tertiary/aromatic N) is 1. The standard InChI is InChI=1S/C20H32N2O4S/c1-4-6-14-26-19-11-9-17(10-12-19)16(3)21-20(23)18-8-7-13-22(15-18)27(24,25)5-2/h9-12,16,18H,4-8,13-15H2,1-3H3,(H,21,23)/t16-,18+/m0/s1. The van der Waals surface area contributed by atoms with Gasteiger partial charge in [-0.1, -0.05) is 25.5 Å². The minimum Gasteiger partial charge on any atom is -0.494 e. The third-order valence-electron chi connectivity index (χ3n) is 5.02. The number of hydrogen-bond donors (Lipinski definition) is 1. The quantitative estimate of drug-likeness (QED) is 0.651. The highest BCUT2D eigenvalue weighted by molar-refractivity contribution is 7.89. The third-order valence-corrected chi connectivity index (χ3v) is 6.87. The number of rotatable bonds is 9. The predicted octanol–water partition coefficient (Wildman–Crippen LogP) is 3.10. The number of sulfonamides is 1. The van der Waals surface area contributed by atoms with E-state index in [0.29, 0.717) is 13.2 Å². The van der Waals surface area contributed by atoms with E-state index >= 15 is 0 Å². The molecule has 0 aromatic heterocycles. The normalized spacial score (nSPS) is 19.4. The second kappa shape index (κ2) is 10.1. The maximum atomic E-state index is 12.6. The lowest BCUT2D eigenvalue weighted by atomic mass is 9.98. The van der Waals surface area contributed by atoms with Crippen LogP contribution in [-0.2, 0) is 14.8 Å². The van der Waals surface area contributed by atoms with Gasteiger partial charge in [0.05, 0.1) is 24.3 Å². The average Bonchev–Trinajstić information content (AvgIpc) is 2.68. The fourth-order valence-electron chi connectivity index (χ4n) is 3.19. The molecular formula is C20H32N2O4S. The molecule has 1 aliphatic rings. The van der Waals surface area contributed by atoms with Crippen LogP contribution in [0.3, 0.4) is 0 Å². The number of carbonyl (C=O) groups excluding carboxylic acids is 1. The first kappa shape index (κ1) is 21.7. The zero-order valence-corrected chi connectivity index (χ0v) is 17.4. The Morgan fingerprint density at radius 2 is 2.00 bits per heavy atom. The van der Waals surface area contributed by atoms with Gasteiger partial charge in [0.2, 0.25) is 15.9 Å². The number of nitrogens with one attached hydrogen (secondary N) is 1. The number of carbonyl (C=O) groups is 1. The summed E-state index contributed by atoms with van der Waals surface area (Å²) in [6, 6.07) is 7.62. The molecule has 152 valence electrons. The van der Waals surface area contributed by atoms with Gasteiger partial charge >= 0.3 is 0 Å². The molecule has 0 radical (unpaired) electrons. The summed E-state index contributed by atoms with van der Waals surface area (Å²) >= 11 is 0. The van der Waals surface area contributed by atoms with Crippen LogP contribution in [0, 0.1) is 5.92 Å². The van der Waals surface area contributed by atoms with Crippen molar-refractivity contribution >= 4 is 15.9 Å². The maximum Gasteiger partial charge on any atom is 0.224 e. The van der Waals surface area contributed by atoms with Gasteiger partial charge < -0.3 is 10.1 Å². The maximum absolute atomic E-state index is 12.6. The van der Waals surface area contributed by atoms with E-state index < -0.39 is 10.0 Å². The van der Waals surface area contributed by atoms with E-state index in [1.165, 1.54) is 4.31 Å². The smallest absolute Gasteiger partial charge is 0.224 e. The lowest BCUT2D eigenvalue weighted by molar-refractivity contribution is -0.126. The largest absolute Gasteiger partial charge is 0.494 e. The van der Waals surface area contributed by atoms with Crippen LogP contribution in [0.5, 0.6) is 5.75 Å². The van der Waals surface area contributed by atoms with Crippen molar-refractivity contribution < 1.29 is 17.9 Å². The van der Waals surface area contributed by atoms with Crippen molar-refractivity contribution in [1.29, 1.82) is 0 Å². The minimum atomic E-state index is -3.24. The first-order valence-corrected chi connectivity index (χ1v) is 11.5. The van der Waals surface area contributed by atoms with Crippen LogP contribution in [-0.4, -0.2) is 44.1 Å². The molecule has 1 N–H and O–H groups in total. The Balaban J connectivity index is 1.91. The number of unbranched alkanes of at least 4 members (excludes halogenated alkanes) is 1. The van der Waals surface area contributed by atoms with Crippen molar-refractivity contribution in [1.82, 2.24) is 9.62 Å². The van der Waals surface area contributed by atoms with Gasteiger partial charge in [-0.2, -0.15) is 0 Å². The van der Waals surface area contributed by atoms with Crippen molar-refractivity contribution in [3.8, 4) is 5.75 Å². The number of ether oxygens (including phenoxy) is 1. The fraction of sp³-hybridized carbons (Fsp3) is 0.650. The number of benzene rings is 1. The first-order valence-electron chi connectivity index (χ1n) is 9.88. The summed E-state index contributed by atoms with van der Waals surface area (Å²) in [5.41, 5.74) is 1.00. The molecule has 1 aromatic carbocycles. The fourth-order valence-corrected chi connectivity index (χ4v) is 4.37. The molecule has 6 nitrogen and oxygen atoms in total. The van der Waals surface area contributed by atoms with Crippen molar-refractivity contribution in [3.63, 3.8) is 0 Å². The van der Waals surface area contributed by atoms with Gasteiger partial charge in [-0.25, -0.2) is 12.7 Å². The molecule has 2 rings (SSSR count). The molecule has 2 atom stereocenters. The van der Waals surface area contributed by atoms with Gasteiger partial charge in [0.15, 0.2) is 0 Å². The monoisotopic (exact) mass is 396 g/mol. The lowest BCUT2D eigenvalue weighted by Gasteiger charge is -2.31. The Kier molecular flexibility index (Phi) is 8.10. The van der Waals surface area contributed by atoms with Crippen LogP contribution in [0.25, 0.3) is 0 Å². The summed E-state index contributed by atoms with van der Waals surface area (Å²) in [4.78, 5) is 12.6. The van der Waals surface area contributed by atoms with E-state index in [2.05, 4.69) is 12.2 Å². The number of hydrogen-bond acceptors (Lipinski definition) is 4. The summed E-state index contributed by atoms with van der Waals surface area (Å²) in [5, 5.41) is 3.03. The second-order valence-electron chi connectivity index (χ2n) is 7.10. The summed E-state index contributed by atoms with van der Waals surface area (Å²) in [7, 11) is -3.24. The molecule has 1 fully saturated rings. The molecule has 1 aliphatic heterocycles. The molecular weight excluding hydrogens is 364 g/mol. The highest BCUT2D eigenvalue weighted by Gasteiger charge is 2.31. The van der Waals surface area contributed by atoms with E-state index in [4.69, 9.17) is 4.74 Å². The number of piperidine rings is 1. The molecule has 0 spiro atoms. The first-order chi connectivity index (χ1) is 12.9. The van der Waals surface area contributed by atoms with E-state index in [1.54, 1.807) is 6.92 Å². The van der Waals surface area contributed by atoms with Gasteiger partial charge in [0, 0.05) is 13.1 Å². The number of amides is 1. The Morgan fingerprint density at radius 1 is 1.30 bits per heavy atom. The zero-order chi connectivity index (χ0) is 19.9. The summed E-state index contributed by atoms with van der Waals surface area (Å²) in [5.74, 6) is 0.532. The van der Waals surface area contributed by atoms with Crippen LogP contribution in [0.1, 0.15) is 58.1 Å². The van der Waals surface area contributed by atoms with Gasteiger partial charge in [-0.15, -0.1) is 0 Å². The molecule has 0 saturated carbocycles. The van der Waals surface area contributed by atoms with Crippen molar-refractivity contribution in [3.05, 3.63) is 29.8 Å². The van der Waals surface area contributed by atoms with E-state index in [9.17, 15) is 13.2 Å². The zero-order valence-electron chi connectivity index (χ0n) is 16.6. The molecule has 0 unspecified atom stereocenters. The van der Waals surface area contributed by atoms with Crippen LogP contribution < -0.4 is 10.1 Å².